The summed E-state index contributed by atoms with van der Waals surface area (Å²) in [7, 11) is 0. The average Bonchev–Trinajstić information content (AvgIpc) is 2.19. The van der Waals surface area contributed by atoms with Crippen molar-refractivity contribution < 1.29 is 9.50 Å². The third kappa shape index (κ3) is 3.67. The smallest absolute Gasteiger partial charge is 0.142 e. The molecule has 0 amide bonds. The summed E-state index contributed by atoms with van der Waals surface area (Å²) in [4.78, 5) is 0. The molecule has 1 aromatic rings. The van der Waals surface area contributed by atoms with Gasteiger partial charge in [-0.05, 0) is 18.6 Å². The van der Waals surface area contributed by atoms with E-state index in [1.54, 1.807) is 30.8 Å². The van der Waals surface area contributed by atoms with Crippen molar-refractivity contribution in [2.75, 3.05) is 0 Å². The molecule has 0 saturated heterocycles. The van der Waals surface area contributed by atoms with Crippen LogP contribution in [-0.4, -0.2) is 16.5 Å². The second-order valence-electron chi connectivity index (χ2n) is 3.47. The largest absolute Gasteiger partial charge is 0.392 e. The van der Waals surface area contributed by atoms with E-state index < -0.39 is 0 Å². The zero-order chi connectivity index (χ0) is 11.4. The van der Waals surface area contributed by atoms with E-state index in [4.69, 9.17) is 11.6 Å². The SMILES string of the molecule is CC(O)C(C)SCc1cccc(F)c1Cl. The maximum Gasteiger partial charge on any atom is 0.142 e. The molecular formula is C11H14ClFOS. The molecule has 1 N–H and O–H groups in total. The van der Waals surface area contributed by atoms with E-state index in [9.17, 15) is 9.50 Å². The zero-order valence-electron chi connectivity index (χ0n) is 8.71. The number of hydrogen-bond acceptors (Lipinski definition) is 2. The predicted molar refractivity (Wildman–Crippen MR) is 63.8 cm³/mol. The molecule has 0 aliphatic heterocycles. The van der Waals surface area contributed by atoms with Gasteiger partial charge in [-0.25, -0.2) is 4.39 Å². The van der Waals surface area contributed by atoms with Crippen LogP contribution in [0.25, 0.3) is 0 Å². The minimum absolute atomic E-state index is 0.115. The molecule has 0 bridgehead atoms. The lowest BCUT2D eigenvalue weighted by Crippen LogP contribution is -2.15. The van der Waals surface area contributed by atoms with E-state index in [2.05, 4.69) is 0 Å². The Bertz CT molecular complexity index is 330. The number of benzene rings is 1. The maximum atomic E-state index is 13.1. The van der Waals surface area contributed by atoms with Crippen LogP contribution in [0.15, 0.2) is 18.2 Å². The van der Waals surface area contributed by atoms with E-state index in [1.165, 1.54) is 6.07 Å². The minimum Gasteiger partial charge on any atom is -0.392 e. The van der Waals surface area contributed by atoms with Crippen LogP contribution in [0.3, 0.4) is 0 Å². The van der Waals surface area contributed by atoms with Crippen LogP contribution in [-0.2, 0) is 5.75 Å². The standard InChI is InChI=1S/C11H14ClFOS/c1-7(14)8(2)15-6-9-4-3-5-10(13)11(9)12/h3-5,7-8,14H,6H2,1-2H3. The fourth-order valence-electron chi connectivity index (χ4n) is 1.02. The first kappa shape index (κ1) is 12.8. The third-order valence-corrected chi connectivity index (χ3v) is 4.03. The average molecular weight is 249 g/mol. The van der Waals surface area contributed by atoms with Crippen molar-refractivity contribution in [3.63, 3.8) is 0 Å². The van der Waals surface area contributed by atoms with Gasteiger partial charge in [-0.1, -0.05) is 30.7 Å². The highest BCUT2D eigenvalue weighted by molar-refractivity contribution is 7.99. The third-order valence-electron chi connectivity index (χ3n) is 2.21. The Morgan fingerprint density at radius 2 is 2.13 bits per heavy atom. The van der Waals surface area contributed by atoms with Gasteiger partial charge in [-0.3, -0.25) is 0 Å². The van der Waals surface area contributed by atoms with Gasteiger partial charge >= 0.3 is 0 Å². The summed E-state index contributed by atoms with van der Waals surface area (Å²) in [5.41, 5.74) is 0.772. The first-order valence-electron chi connectivity index (χ1n) is 4.75. The number of rotatable bonds is 4. The molecule has 0 aromatic heterocycles. The summed E-state index contributed by atoms with van der Waals surface area (Å²) < 4.78 is 13.1. The van der Waals surface area contributed by atoms with Gasteiger partial charge in [0.1, 0.15) is 5.82 Å². The molecule has 0 fully saturated rings. The Balaban J connectivity index is 2.62. The number of hydrogen-bond donors (Lipinski definition) is 1. The Morgan fingerprint density at radius 3 is 2.73 bits per heavy atom. The van der Waals surface area contributed by atoms with Crippen molar-refractivity contribution in [1.82, 2.24) is 0 Å². The van der Waals surface area contributed by atoms with Gasteiger partial charge in [-0.15, -0.1) is 0 Å². The van der Waals surface area contributed by atoms with E-state index in [-0.39, 0.29) is 22.2 Å². The summed E-state index contributed by atoms with van der Waals surface area (Å²) in [6.45, 7) is 3.67. The Hall–Kier alpha value is -0.250. The molecular weight excluding hydrogens is 235 g/mol. The van der Waals surface area contributed by atoms with Crippen LogP contribution in [0.5, 0.6) is 0 Å². The number of thioether (sulfide) groups is 1. The highest BCUT2D eigenvalue weighted by Crippen LogP contribution is 2.26. The fraction of sp³-hybridized carbons (Fsp3) is 0.455. The molecule has 0 radical (unpaired) electrons. The first-order chi connectivity index (χ1) is 7.02. The Kier molecular flexibility index (Phi) is 4.90. The summed E-state index contributed by atoms with van der Waals surface area (Å²) in [5.74, 6) is 0.224. The molecule has 1 rings (SSSR count). The molecule has 1 nitrogen and oxygen atoms in total. The van der Waals surface area contributed by atoms with Crippen LogP contribution in [0.1, 0.15) is 19.4 Å². The number of halogens is 2. The summed E-state index contributed by atoms with van der Waals surface area (Å²) in [5, 5.41) is 9.59. The first-order valence-corrected chi connectivity index (χ1v) is 6.17. The van der Waals surface area contributed by atoms with Crippen molar-refractivity contribution in [2.24, 2.45) is 0 Å². The zero-order valence-corrected chi connectivity index (χ0v) is 10.3. The highest BCUT2D eigenvalue weighted by Gasteiger charge is 2.11. The molecule has 1 aromatic carbocycles. The molecule has 0 saturated carbocycles. The van der Waals surface area contributed by atoms with Crippen LogP contribution in [0, 0.1) is 5.82 Å². The number of aliphatic hydroxyl groups excluding tert-OH is 1. The highest BCUT2D eigenvalue weighted by atomic mass is 35.5. The van der Waals surface area contributed by atoms with Crippen molar-refractivity contribution in [1.29, 1.82) is 0 Å². The monoisotopic (exact) mass is 248 g/mol. The molecule has 0 aliphatic rings. The molecule has 84 valence electrons. The second kappa shape index (κ2) is 5.73. The van der Waals surface area contributed by atoms with Gasteiger partial charge < -0.3 is 5.11 Å². The lowest BCUT2D eigenvalue weighted by atomic mass is 10.2. The van der Waals surface area contributed by atoms with Crippen LogP contribution in [0.2, 0.25) is 5.02 Å². The molecule has 0 aliphatic carbocycles. The van der Waals surface area contributed by atoms with E-state index >= 15 is 0 Å². The van der Waals surface area contributed by atoms with Gasteiger partial charge in [0, 0.05) is 11.0 Å². The minimum atomic E-state index is -0.389. The van der Waals surface area contributed by atoms with Gasteiger partial charge in [0.25, 0.3) is 0 Å². The molecule has 0 spiro atoms. The topological polar surface area (TPSA) is 20.2 Å². The Labute approximate surface area is 98.6 Å². The quantitative estimate of drug-likeness (QED) is 0.880. The molecule has 2 unspecified atom stereocenters. The van der Waals surface area contributed by atoms with Crippen molar-refractivity contribution in [3.8, 4) is 0 Å². The van der Waals surface area contributed by atoms with Crippen molar-refractivity contribution >= 4 is 23.4 Å². The van der Waals surface area contributed by atoms with Gasteiger partial charge in [0.15, 0.2) is 0 Å². The summed E-state index contributed by atoms with van der Waals surface area (Å²) >= 11 is 7.36. The predicted octanol–water partition coefficient (Wildman–Crippen LogP) is 3.48. The fourth-order valence-corrected chi connectivity index (χ4v) is 2.25. The van der Waals surface area contributed by atoms with Gasteiger partial charge in [-0.2, -0.15) is 11.8 Å². The summed E-state index contributed by atoms with van der Waals surface area (Å²) in [6.07, 6.45) is -0.373. The van der Waals surface area contributed by atoms with Crippen LogP contribution >= 0.6 is 23.4 Å². The van der Waals surface area contributed by atoms with E-state index in [1.807, 2.05) is 6.92 Å². The van der Waals surface area contributed by atoms with Crippen molar-refractivity contribution in [3.05, 3.63) is 34.6 Å². The van der Waals surface area contributed by atoms with Crippen molar-refractivity contribution in [2.45, 2.75) is 31.0 Å². The second-order valence-corrected chi connectivity index (χ2v) is 5.21. The molecule has 15 heavy (non-hydrogen) atoms. The lowest BCUT2D eigenvalue weighted by Gasteiger charge is -2.14. The molecule has 0 heterocycles. The van der Waals surface area contributed by atoms with Crippen LogP contribution in [0.4, 0.5) is 4.39 Å². The molecule has 4 heteroatoms. The van der Waals surface area contributed by atoms with E-state index in [0.29, 0.717) is 5.75 Å². The van der Waals surface area contributed by atoms with Gasteiger partial charge in [0.2, 0.25) is 0 Å². The number of aliphatic hydroxyl groups is 1. The van der Waals surface area contributed by atoms with Crippen LogP contribution < -0.4 is 0 Å². The lowest BCUT2D eigenvalue weighted by molar-refractivity contribution is 0.196. The normalized spacial score (nSPS) is 15.0. The van der Waals surface area contributed by atoms with Gasteiger partial charge in [0.05, 0.1) is 11.1 Å². The van der Waals surface area contributed by atoms with E-state index in [0.717, 1.165) is 5.56 Å². The summed E-state index contributed by atoms with van der Waals surface area (Å²) in [6, 6.07) is 4.78. The molecule has 2 atom stereocenters. The Morgan fingerprint density at radius 1 is 1.47 bits per heavy atom. The maximum absolute atomic E-state index is 13.1.